The fraction of sp³-hybridized carbons (Fsp3) is 0.462. The third kappa shape index (κ3) is 3.70. The van der Waals surface area contributed by atoms with Crippen molar-refractivity contribution in [3.8, 4) is 0 Å². The van der Waals surface area contributed by atoms with Gasteiger partial charge in [0.15, 0.2) is 0 Å². The van der Waals surface area contributed by atoms with Crippen molar-refractivity contribution in [3.63, 3.8) is 0 Å². The van der Waals surface area contributed by atoms with Crippen LogP contribution in [0.3, 0.4) is 0 Å². The number of hydrogen-bond donors (Lipinski definition) is 1. The lowest BCUT2D eigenvalue weighted by atomic mass is 10.1. The Morgan fingerprint density at radius 2 is 2.17 bits per heavy atom. The monoisotopic (exact) mass is 255 g/mol. The number of benzene rings is 1. The molecular weight excluding hydrogens is 237 g/mol. The molecule has 0 aromatic heterocycles. The number of carbonyl (C=O) groups is 1. The summed E-state index contributed by atoms with van der Waals surface area (Å²) < 4.78 is 23.0. The van der Waals surface area contributed by atoms with Crippen LogP contribution in [0.5, 0.6) is 0 Å². The number of methoxy groups -OCH3 is 2. The van der Waals surface area contributed by atoms with Gasteiger partial charge >= 0.3 is 5.97 Å². The van der Waals surface area contributed by atoms with Crippen LogP contribution in [0, 0.1) is 5.82 Å². The molecule has 0 saturated heterocycles. The Labute approximate surface area is 106 Å². The first kappa shape index (κ1) is 14.4. The quantitative estimate of drug-likeness (QED) is 0.793. The molecule has 1 rings (SSSR count). The minimum atomic E-state index is -0.684. The highest BCUT2D eigenvalue weighted by Crippen LogP contribution is 2.17. The maximum atomic E-state index is 13.4. The highest BCUT2D eigenvalue weighted by Gasteiger charge is 2.14. The number of halogens is 1. The molecule has 0 aliphatic carbocycles. The van der Waals surface area contributed by atoms with E-state index in [9.17, 15) is 9.18 Å². The largest absolute Gasteiger partial charge is 0.465 e. The van der Waals surface area contributed by atoms with E-state index in [1.807, 2.05) is 6.92 Å². The van der Waals surface area contributed by atoms with Crippen LogP contribution in [0.2, 0.25) is 0 Å². The maximum absolute atomic E-state index is 13.4. The van der Waals surface area contributed by atoms with Gasteiger partial charge in [0.05, 0.1) is 19.3 Å². The topological polar surface area (TPSA) is 47.6 Å². The molecule has 0 aliphatic rings. The van der Waals surface area contributed by atoms with Crippen molar-refractivity contribution in [2.24, 2.45) is 0 Å². The molecule has 0 heterocycles. The lowest BCUT2D eigenvalue weighted by molar-refractivity contribution is 0.0595. The summed E-state index contributed by atoms with van der Waals surface area (Å²) in [6.07, 6.45) is 0.860. The van der Waals surface area contributed by atoms with Crippen LogP contribution < -0.4 is 5.32 Å². The molecule has 1 aromatic carbocycles. The number of esters is 1. The molecule has 0 fully saturated rings. The minimum Gasteiger partial charge on any atom is -0.465 e. The first-order valence-corrected chi connectivity index (χ1v) is 5.75. The smallest absolute Gasteiger partial charge is 0.340 e. The van der Waals surface area contributed by atoms with Crippen molar-refractivity contribution >= 4 is 11.7 Å². The lowest BCUT2D eigenvalue weighted by Crippen LogP contribution is -2.24. The minimum absolute atomic E-state index is 0.0743. The molecule has 5 heteroatoms. The number of rotatable bonds is 6. The number of ether oxygens (including phenoxy) is 2. The first-order valence-electron chi connectivity index (χ1n) is 5.75. The van der Waals surface area contributed by atoms with Gasteiger partial charge in [-0.1, -0.05) is 6.92 Å². The lowest BCUT2D eigenvalue weighted by Gasteiger charge is -2.17. The Balaban J connectivity index is 2.87. The summed E-state index contributed by atoms with van der Waals surface area (Å²) in [7, 11) is 2.84. The molecule has 0 aliphatic heterocycles. The second-order valence-electron chi connectivity index (χ2n) is 3.89. The van der Waals surface area contributed by atoms with Gasteiger partial charge in [0, 0.05) is 18.8 Å². The molecule has 0 spiro atoms. The molecule has 1 atom stereocenters. The summed E-state index contributed by atoms with van der Waals surface area (Å²) in [5.41, 5.74) is 0.593. The van der Waals surface area contributed by atoms with Gasteiger partial charge in [-0.3, -0.25) is 0 Å². The fourth-order valence-corrected chi connectivity index (χ4v) is 1.58. The van der Waals surface area contributed by atoms with E-state index in [0.29, 0.717) is 12.3 Å². The third-order valence-corrected chi connectivity index (χ3v) is 2.60. The predicted molar refractivity (Wildman–Crippen MR) is 67.3 cm³/mol. The molecule has 1 unspecified atom stereocenters. The van der Waals surface area contributed by atoms with Gasteiger partial charge < -0.3 is 14.8 Å². The van der Waals surface area contributed by atoms with Gasteiger partial charge in [-0.2, -0.15) is 0 Å². The summed E-state index contributed by atoms with van der Waals surface area (Å²) in [6, 6.07) is 4.39. The average Bonchev–Trinajstić information content (AvgIpc) is 2.39. The normalized spacial score (nSPS) is 12.0. The van der Waals surface area contributed by atoms with E-state index in [1.54, 1.807) is 13.2 Å². The Bertz CT molecular complexity index is 409. The molecule has 18 heavy (non-hydrogen) atoms. The van der Waals surface area contributed by atoms with Crippen molar-refractivity contribution in [3.05, 3.63) is 29.6 Å². The van der Waals surface area contributed by atoms with Crippen LogP contribution in [0.25, 0.3) is 0 Å². The summed E-state index contributed by atoms with van der Waals surface area (Å²) in [6.45, 7) is 2.56. The molecule has 0 radical (unpaired) electrons. The van der Waals surface area contributed by atoms with Gasteiger partial charge in [-0.25, -0.2) is 9.18 Å². The van der Waals surface area contributed by atoms with Crippen molar-refractivity contribution in [2.75, 3.05) is 26.1 Å². The highest BCUT2D eigenvalue weighted by atomic mass is 19.1. The van der Waals surface area contributed by atoms with Crippen LogP contribution in [0.1, 0.15) is 23.7 Å². The van der Waals surface area contributed by atoms with Gasteiger partial charge in [-0.15, -0.1) is 0 Å². The van der Waals surface area contributed by atoms with E-state index < -0.39 is 11.8 Å². The van der Waals surface area contributed by atoms with Gasteiger partial charge in [0.25, 0.3) is 0 Å². The zero-order valence-electron chi connectivity index (χ0n) is 10.8. The number of nitrogens with one attached hydrogen (secondary N) is 1. The Morgan fingerprint density at radius 1 is 1.44 bits per heavy atom. The molecular formula is C13H18FNO3. The number of anilines is 1. The average molecular weight is 255 g/mol. The molecule has 1 N–H and O–H groups in total. The standard InChI is InChI=1S/C13H18FNO3/c1-4-9(8-17-2)15-10-5-6-12(14)11(7-10)13(16)18-3/h5-7,9,15H,4,8H2,1-3H3. The fourth-order valence-electron chi connectivity index (χ4n) is 1.58. The zero-order valence-corrected chi connectivity index (χ0v) is 10.8. The van der Waals surface area contributed by atoms with Crippen LogP contribution in [0.4, 0.5) is 10.1 Å². The van der Waals surface area contributed by atoms with Crippen molar-refractivity contribution in [1.82, 2.24) is 0 Å². The van der Waals surface area contributed by atoms with Gasteiger partial charge in [-0.05, 0) is 24.6 Å². The predicted octanol–water partition coefficient (Wildman–Crippen LogP) is 2.45. The third-order valence-electron chi connectivity index (χ3n) is 2.60. The number of hydrogen-bond acceptors (Lipinski definition) is 4. The van der Waals surface area contributed by atoms with Gasteiger partial charge in [0.2, 0.25) is 0 Å². The van der Waals surface area contributed by atoms with E-state index in [0.717, 1.165) is 6.42 Å². The van der Waals surface area contributed by atoms with E-state index >= 15 is 0 Å². The van der Waals surface area contributed by atoms with Crippen LogP contribution in [0.15, 0.2) is 18.2 Å². The van der Waals surface area contributed by atoms with Crippen molar-refractivity contribution < 1.29 is 18.7 Å². The molecule has 1 aromatic rings. The van der Waals surface area contributed by atoms with E-state index in [1.165, 1.54) is 19.2 Å². The Hall–Kier alpha value is -1.62. The summed E-state index contributed by atoms with van der Waals surface area (Å²) in [5.74, 6) is -1.27. The van der Waals surface area contributed by atoms with E-state index in [2.05, 4.69) is 10.1 Å². The molecule has 0 amide bonds. The van der Waals surface area contributed by atoms with Crippen LogP contribution in [-0.4, -0.2) is 32.8 Å². The van der Waals surface area contributed by atoms with Crippen LogP contribution >= 0.6 is 0 Å². The Kier molecular flexibility index (Phi) is 5.58. The molecule has 100 valence electrons. The highest BCUT2D eigenvalue weighted by molar-refractivity contribution is 5.90. The summed E-state index contributed by atoms with van der Waals surface area (Å²) >= 11 is 0. The SMILES string of the molecule is CCC(COC)Nc1ccc(F)c(C(=O)OC)c1. The van der Waals surface area contributed by atoms with Gasteiger partial charge in [0.1, 0.15) is 5.82 Å². The molecule has 0 bridgehead atoms. The second kappa shape index (κ2) is 6.96. The summed E-state index contributed by atoms with van der Waals surface area (Å²) in [4.78, 5) is 11.4. The molecule has 0 saturated carbocycles. The Morgan fingerprint density at radius 3 is 2.72 bits per heavy atom. The first-order chi connectivity index (χ1) is 8.62. The van der Waals surface area contributed by atoms with Crippen LogP contribution in [-0.2, 0) is 9.47 Å². The molecule has 4 nitrogen and oxygen atoms in total. The van der Waals surface area contributed by atoms with E-state index in [-0.39, 0.29) is 11.6 Å². The second-order valence-corrected chi connectivity index (χ2v) is 3.89. The maximum Gasteiger partial charge on any atom is 0.340 e. The summed E-state index contributed by atoms with van der Waals surface area (Å²) in [5, 5.41) is 3.18. The zero-order chi connectivity index (χ0) is 13.5. The van der Waals surface area contributed by atoms with Crippen molar-refractivity contribution in [1.29, 1.82) is 0 Å². The van der Waals surface area contributed by atoms with E-state index in [4.69, 9.17) is 4.74 Å². The van der Waals surface area contributed by atoms with Crippen molar-refractivity contribution in [2.45, 2.75) is 19.4 Å². The number of carbonyl (C=O) groups excluding carboxylic acids is 1.